The summed E-state index contributed by atoms with van der Waals surface area (Å²) in [5.74, 6) is -1.98. The normalized spacial score (nSPS) is 20.3. The maximum Gasteiger partial charge on any atom is 0.321 e. The molecule has 2 atom stereocenters. The maximum atomic E-state index is 13.6. The zero-order valence-corrected chi connectivity index (χ0v) is 18.1. The largest absolute Gasteiger partial charge is 0.423 e. The van der Waals surface area contributed by atoms with Gasteiger partial charge in [0.25, 0.3) is 6.01 Å². The van der Waals surface area contributed by atoms with Crippen molar-refractivity contribution in [1.29, 1.82) is 0 Å². The Morgan fingerprint density at radius 2 is 2.09 bits per heavy atom. The number of urea groups is 1. The monoisotopic (exact) mass is 465 g/mol. The first-order valence-corrected chi connectivity index (χ1v) is 10.9. The molecule has 0 spiro atoms. The molecule has 4 heterocycles. The van der Waals surface area contributed by atoms with Crippen LogP contribution in [0.15, 0.2) is 16.5 Å². The highest BCUT2D eigenvalue weighted by Gasteiger charge is 2.43. The van der Waals surface area contributed by atoms with Crippen LogP contribution < -0.4 is 15.5 Å². The topological polar surface area (TPSA) is 113 Å². The molecule has 0 saturated carbocycles. The van der Waals surface area contributed by atoms with Crippen LogP contribution in [0.5, 0.6) is 0 Å². The van der Waals surface area contributed by atoms with Gasteiger partial charge in [-0.05, 0) is 13.8 Å². The predicted octanol–water partition coefficient (Wildman–Crippen LogP) is 2.96. The highest BCUT2D eigenvalue weighted by Crippen LogP contribution is 2.43. The molecule has 1 aromatic carbocycles. The molecular weight excluding hydrogens is 444 g/mol. The van der Waals surface area contributed by atoms with Crippen molar-refractivity contribution in [1.82, 2.24) is 15.3 Å². The molecule has 3 N–H and O–H groups in total. The second-order valence-corrected chi connectivity index (χ2v) is 9.53. The van der Waals surface area contributed by atoms with Crippen LogP contribution >= 0.6 is 11.3 Å². The minimum atomic E-state index is -1.03. The first kappa shape index (κ1) is 21.0. The molecule has 9 nitrogen and oxygen atoms in total. The van der Waals surface area contributed by atoms with E-state index >= 15 is 0 Å². The van der Waals surface area contributed by atoms with E-state index in [4.69, 9.17) is 9.15 Å². The van der Waals surface area contributed by atoms with Crippen molar-refractivity contribution in [2.45, 2.75) is 38.0 Å². The number of oxazole rings is 1. The fourth-order valence-corrected chi connectivity index (χ4v) is 4.96. The maximum absolute atomic E-state index is 13.6. The number of nitrogens with one attached hydrogen (secondary N) is 2. The molecule has 5 rings (SSSR count). The molecule has 0 radical (unpaired) electrons. The van der Waals surface area contributed by atoms with Crippen LogP contribution in [0.1, 0.15) is 30.5 Å². The minimum absolute atomic E-state index is 0.0924. The van der Waals surface area contributed by atoms with Crippen molar-refractivity contribution >= 4 is 39.6 Å². The lowest BCUT2D eigenvalue weighted by molar-refractivity contribution is 0.0579. The van der Waals surface area contributed by atoms with Gasteiger partial charge in [0.2, 0.25) is 0 Å². The quantitative estimate of drug-likeness (QED) is 0.543. The van der Waals surface area contributed by atoms with Crippen molar-refractivity contribution in [3.05, 3.63) is 34.3 Å². The molecule has 2 aliphatic heterocycles. The molecule has 2 aromatic heterocycles. The van der Waals surface area contributed by atoms with Gasteiger partial charge in [0.1, 0.15) is 5.52 Å². The number of thiazole rings is 1. The molecule has 0 aliphatic carbocycles. The zero-order valence-electron chi connectivity index (χ0n) is 17.3. The average molecular weight is 465 g/mol. The van der Waals surface area contributed by atoms with Gasteiger partial charge in [-0.3, -0.25) is 5.32 Å². The molecule has 2 bridgehead atoms. The van der Waals surface area contributed by atoms with Crippen LogP contribution in [0.2, 0.25) is 0 Å². The third kappa shape index (κ3) is 3.89. The van der Waals surface area contributed by atoms with Crippen LogP contribution in [-0.4, -0.2) is 52.5 Å². The average Bonchev–Trinajstić information content (AvgIpc) is 3.29. The minimum Gasteiger partial charge on any atom is -0.423 e. The lowest BCUT2D eigenvalue weighted by Crippen LogP contribution is -2.51. The first-order chi connectivity index (χ1) is 15.2. The van der Waals surface area contributed by atoms with Crippen molar-refractivity contribution in [3.8, 4) is 0 Å². The summed E-state index contributed by atoms with van der Waals surface area (Å²) < 4.78 is 38.7. The van der Waals surface area contributed by atoms with Gasteiger partial charge >= 0.3 is 6.03 Å². The van der Waals surface area contributed by atoms with Crippen LogP contribution in [0.3, 0.4) is 0 Å². The van der Waals surface area contributed by atoms with E-state index in [-0.39, 0.29) is 35.7 Å². The highest BCUT2D eigenvalue weighted by atomic mass is 32.1. The van der Waals surface area contributed by atoms with Gasteiger partial charge in [-0.25, -0.2) is 18.6 Å². The number of rotatable bonds is 4. The summed E-state index contributed by atoms with van der Waals surface area (Å²) in [5.41, 5.74) is 0.230. The predicted molar refractivity (Wildman–Crippen MR) is 113 cm³/mol. The van der Waals surface area contributed by atoms with E-state index in [9.17, 15) is 18.7 Å². The highest BCUT2D eigenvalue weighted by molar-refractivity contribution is 7.16. The lowest BCUT2D eigenvalue weighted by Gasteiger charge is -2.43. The van der Waals surface area contributed by atoms with Crippen molar-refractivity contribution in [2.75, 3.05) is 30.0 Å². The van der Waals surface area contributed by atoms with E-state index in [1.54, 1.807) is 13.8 Å². The number of aromatic nitrogens is 2. The standard InChI is InChI=1S/C20H21F2N5O4S/c1-20(2,29)8-23-17(28)26-18-24-13-3-9-6-30-7-14(16(13)32-18)27(9)19-25-12-4-10(21)11(22)5-15(12)31-19/h4-5,9,14,29H,3,6-8H2,1-2H3,(H2,23,24,26,28)/t9-,14-/m0/s1. The van der Waals surface area contributed by atoms with Gasteiger partial charge in [-0.2, -0.15) is 4.98 Å². The van der Waals surface area contributed by atoms with Crippen molar-refractivity contribution in [3.63, 3.8) is 0 Å². The van der Waals surface area contributed by atoms with Gasteiger partial charge < -0.3 is 24.5 Å². The van der Waals surface area contributed by atoms with Crippen LogP contribution in [0.4, 0.5) is 24.7 Å². The molecule has 3 aromatic rings. The number of amides is 2. The van der Waals surface area contributed by atoms with Gasteiger partial charge in [0.05, 0.1) is 41.5 Å². The Hall–Kier alpha value is -2.83. The molecule has 1 fully saturated rings. The Balaban J connectivity index is 1.41. The molecule has 12 heteroatoms. The number of morpholine rings is 1. The Bertz CT molecular complexity index is 1150. The van der Waals surface area contributed by atoms with Crippen LogP contribution in [0, 0.1) is 11.6 Å². The SMILES string of the molecule is CC(C)(O)CNC(=O)Nc1nc2c(s1)[C@@H]1COC[C@H](C2)N1c1nc2cc(F)c(F)cc2o1. The number of carbonyl (C=O) groups is 1. The summed E-state index contributed by atoms with van der Waals surface area (Å²) >= 11 is 1.32. The van der Waals surface area contributed by atoms with E-state index in [1.165, 1.54) is 11.3 Å². The van der Waals surface area contributed by atoms with E-state index in [1.807, 2.05) is 4.90 Å². The summed E-state index contributed by atoms with van der Waals surface area (Å²) in [6, 6.07) is 1.43. The van der Waals surface area contributed by atoms with Gasteiger partial charge in [0.15, 0.2) is 22.3 Å². The summed E-state index contributed by atoms with van der Waals surface area (Å²) in [6.07, 6.45) is 0.538. The third-order valence-electron chi connectivity index (χ3n) is 5.32. The lowest BCUT2D eigenvalue weighted by atomic mass is 9.97. The number of hydrogen-bond donors (Lipinski definition) is 3. The van der Waals surface area contributed by atoms with Crippen molar-refractivity contribution in [2.24, 2.45) is 0 Å². The summed E-state index contributed by atoms with van der Waals surface area (Å²) in [5, 5.41) is 15.5. The zero-order chi connectivity index (χ0) is 22.6. The molecule has 2 amide bonds. The molecular formula is C20H21F2N5O4S. The first-order valence-electron chi connectivity index (χ1n) is 10.1. The molecule has 32 heavy (non-hydrogen) atoms. The number of anilines is 2. The van der Waals surface area contributed by atoms with Crippen molar-refractivity contribution < 1.29 is 27.8 Å². The smallest absolute Gasteiger partial charge is 0.321 e. The van der Waals surface area contributed by atoms with Gasteiger partial charge in [0, 0.05) is 25.1 Å². The van der Waals surface area contributed by atoms with Gasteiger partial charge in [-0.15, -0.1) is 0 Å². The molecule has 2 aliphatic rings. The number of halogens is 2. The van der Waals surface area contributed by atoms with Crippen LogP contribution in [-0.2, 0) is 11.2 Å². The second-order valence-electron chi connectivity index (χ2n) is 8.50. The summed E-state index contributed by atoms with van der Waals surface area (Å²) in [6.45, 7) is 4.06. The number of fused-ring (bicyclic) bond motifs is 5. The number of hydrogen-bond acceptors (Lipinski definition) is 8. The Labute approximate surface area is 185 Å². The second kappa shape index (κ2) is 7.64. The van der Waals surface area contributed by atoms with E-state index in [0.29, 0.717) is 24.8 Å². The molecule has 1 saturated heterocycles. The van der Waals surface area contributed by atoms with Gasteiger partial charge in [-0.1, -0.05) is 11.3 Å². The summed E-state index contributed by atoms with van der Waals surface area (Å²) in [4.78, 5) is 23.9. The number of benzene rings is 1. The Morgan fingerprint density at radius 3 is 2.88 bits per heavy atom. The number of nitrogens with zero attached hydrogens (tertiary/aromatic N) is 3. The Morgan fingerprint density at radius 1 is 1.31 bits per heavy atom. The van der Waals surface area contributed by atoms with E-state index < -0.39 is 23.3 Å². The fourth-order valence-electron chi connectivity index (χ4n) is 3.89. The number of aliphatic hydroxyl groups is 1. The molecule has 0 unspecified atom stereocenters. The van der Waals surface area contributed by atoms with Crippen LogP contribution in [0.25, 0.3) is 11.1 Å². The van der Waals surface area contributed by atoms with E-state index in [2.05, 4.69) is 20.6 Å². The number of carbonyl (C=O) groups excluding carboxylic acids is 1. The summed E-state index contributed by atoms with van der Waals surface area (Å²) in [7, 11) is 0. The Kier molecular flexibility index (Phi) is 5.02. The number of ether oxygens (including phenoxy) is 1. The van der Waals surface area contributed by atoms with E-state index in [0.717, 1.165) is 22.7 Å². The fraction of sp³-hybridized carbons (Fsp3) is 0.450. The molecule has 170 valence electrons. The third-order valence-corrected chi connectivity index (χ3v) is 6.43.